The van der Waals surface area contributed by atoms with E-state index in [2.05, 4.69) is 43.5 Å². The van der Waals surface area contributed by atoms with Gasteiger partial charge in [0.25, 0.3) is 0 Å². The molecule has 2 unspecified atom stereocenters. The first-order valence-electron chi connectivity index (χ1n) is 30.2. The number of hydrogen-bond donors (Lipinski definition) is 3. The monoisotopic (exact) mass is 926 g/mol. The van der Waals surface area contributed by atoms with Crippen molar-refractivity contribution in [1.82, 2.24) is 5.32 Å². The summed E-state index contributed by atoms with van der Waals surface area (Å²) < 4.78 is 0. The van der Waals surface area contributed by atoms with Crippen LogP contribution in [0.4, 0.5) is 0 Å². The molecule has 0 aromatic rings. The van der Waals surface area contributed by atoms with E-state index in [0.717, 1.165) is 32.1 Å². The average molecular weight is 927 g/mol. The molecule has 0 aromatic heterocycles. The van der Waals surface area contributed by atoms with Gasteiger partial charge in [-0.25, -0.2) is 0 Å². The highest BCUT2D eigenvalue weighted by molar-refractivity contribution is 5.76. The lowest BCUT2D eigenvalue weighted by Crippen LogP contribution is -2.45. The van der Waals surface area contributed by atoms with Gasteiger partial charge in [0.1, 0.15) is 0 Å². The van der Waals surface area contributed by atoms with Crippen LogP contribution in [0.5, 0.6) is 0 Å². The lowest BCUT2D eigenvalue weighted by Gasteiger charge is -2.20. The van der Waals surface area contributed by atoms with E-state index in [9.17, 15) is 15.0 Å². The van der Waals surface area contributed by atoms with Crippen molar-refractivity contribution in [3.63, 3.8) is 0 Å². The third-order valence-electron chi connectivity index (χ3n) is 14.1. The second-order valence-corrected chi connectivity index (χ2v) is 20.8. The van der Waals surface area contributed by atoms with Crippen LogP contribution in [-0.4, -0.2) is 34.9 Å². The van der Waals surface area contributed by atoms with E-state index in [1.165, 1.54) is 283 Å². The molecule has 0 saturated carbocycles. The number of aliphatic hydroxyl groups excluding tert-OH is 2. The summed E-state index contributed by atoms with van der Waals surface area (Å²) in [6.07, 6.45) is 79.1. The van der Waals surface area contributed by atoms with Crippen molar-refractivity contribution in [2.24, 2.45) is 0 Å². The molecular weight excluding hydrogens is 807 g/mol. The molecule has 0 saturated heterocycles. The normalized spacial score (nSPS) is 13.0. The Morgan fingerprint density at radius 3 is 0.909 bits per heavy atom. The van der Waals surface area contributed by atoms with Crippen molar-refractivity contribution >= 4 is 5.91 Å². The van der Waals surface area contributed by atoms with E-state index in [1.807, 2.05) is 6.08 Å². The van der Waals surface area contributed by atoms with Gasteiger partial charge in [0, 0.05) is 6.42 Å². The van der Waals surface area contributed by atoms with Crippen LogP contribution in [0.15, 0.2) is 36.5 Å². The summed E-state index contributed by atoms with van der Waals surface area (Å²) in [5.74, 6) is -0.0578. The zero-order chi connectivity index (χ0) is 47.7. The molecule has 2 atom stereocenters. The Hall–Kier alpha value is -1.39. The van der Waals surface area contributed by atoms with Crippen LogP contribution < -0.4 is 5.32 Å². The molecule has 0 aliphatic heterocycles. The summed E-state index contributed by atoms with van der Waals surface area (Å²) in [6, 6.07) is -0.619. The zero-order valence-corrected chi connectivity index (χ0v) is 45.0. The van der Waals surface area contributed by atoms with Gasteiger partial charge in [-0.05, 0) is 51.4 Å². The summed E-state index contributed by atoms with van der Waals surface area (Å²) >= 11 is 0. The van der Waals surface area contributed by atoms with E-state index in [4.69, 9.17) is 0 Å². The highest BCUT2D eigenvalue weighted by Gasteiger charge is 2.18. The van der Waals surface area contributed by atoms with Crippen molar-refractivity contribution in [2.45, 2.75) is 347 Å². The maximum absolute atomic E-state index is 12.5. The number of carbonyl (C=O) groups excluding carboxylic acids is 1. The predicted octanol–water partition coefficient (Wildman–Crippen LogP) is 20.0. The van der Waals surface area contributed by atoms with Gasteiger partial charge in [0.05, 0.1) is 18.8 Å². The van der Waals surface area contributed by atoms with E-state index in [1.54, 1.807) is 6.08 Å². The van der Waals surface area contributed by atoms with Gasteiger partial charge in [0.15, 0.2) is 0 Å². The van der Waals surface area contributed by atoms with Gasteiger partial charge >= 0.3 is 0 Å². The predicted molar refractivity (Wildman–Crippen MR) is 295 cm³/mol. The second-order valence-electron chi connectivity index (χ2n) is 20.8. The van der Waals surface area contributed by atoms with Crippen molar-refractivity contribution in [3.05, 3.63) is 36.5 Å². The molecule has 0 fully saturated rings. The number of hydrogen-bond acceptors (Lipinski definition) is 3. The zero-order valence-electron chi connectivity index (χ0n) is 45.0. The number of unbranched alkanes of at least 4 members (excludes halogenated alkanes) is 45. The van der Waals surface area contributed by atoms with Crippen molar-refractivity contribution in [1.29, 1.82) is 0 Å². The SMILES string of the molecule is CCCCCCC/C=C\C/C=C\CCCCCCCCCCCCCCCCCCCCCCCCCCCCCC(=O)NC(CO)C(O)/C=C/CCCCCCCCCCCCCCC. The largest absolute Gasteiger partial charge is 0.394 e. The van der Waals surface area contributed by atoms with Crippen LogP contribution in [0.25, 0.3) is 0 Å². The Kier molecular flexibility index (Phi) is 56.7. The van der Waals surface area contributed by atoms with Gasteiger partial charge in [0.2, 0.25) is 5.91 Å². The molecule has 0 radical (unpaired) electrons. The molecule has 4 heteroatoms. The van der Waals surface area contributed by atoms with Crippen molar-refractivity contribution < 1.29 is 15.0 Å². The fraction of sp³-hybridized carbons (Fsp3) is 0.887. The molecule has 0 heterocycles. The third kappa shape index (κ3) is 53.6. The van der Waals surface area contributed by atoms with Crippen LogP contribution in [0, 0.1) is 0 Å². The molecule has 66 heavy (non-hydrogen) atoms. The molecule has 0 spiro atoms. The minimum Gasteiger partial charge on any atom is -0.394 e. The molecule has 0 aliphatic carbocycles. The van der Waals surface area contributed by atoms with E-state index in [0.29, 0.717) is 6.42 Å². The number of nitrogens with one attached hydrogen (secondary N) is 1. The van der Waals surface area contributed by atoms with Gasteiger partial charge in [-0.3, -0.25) is 4.79 Å². The molecule has 4 nitrogen and oxygen atoms in total. The van der Waals surface area contributed by atoms with Gasteiger partial charge < -0.3 is 15.5 Å². The van der Waals surface area contributed by atoms with E-state index < -0.39 is 12.1 Å². The minimum absolute atomic E-state index is 0.0578. The molecule has 0 aliphatic rings. The van der Waals surface area contributed by atoms with Gasteiger partial charge in [-0.1, -0.05) is 314 Å². The topological polar surface area (TPSA) is 69.6 Å². The fourth-order valence-electron chi connectivity index (χ4n) is 9.51. The highest BCUT2D eigenvalue weighted by Crippen LogP contribution is 2.18. The summed E-state index contributed by atoms with van der Waals surface area (Å²) in [7, 11) is 0. The Balaban J connectivity index is 3.38. The number of rotatable bonds is 56. The second kappa shape index (κ2) is 57.9. The van der Waals surface area contributed by atoms with E-state index >= 15 is 0 Å². The van der Waals surface area contributed by atoms with Crippen molar-refractivity contribution in [3.8, 4) is 0 Å². The highest BCUT2D eigenvalue weighted by atomic mass is 16.3. The maximum Gasteiger partial charge on any atom is 0.220 e. The molecule has 0 bridgehead atoms. The first kappa shape index (κ1) is 64.6. The Morgan fingerprint density at radius 2 is 0.621 bits per heavy atom. The molecule has 3 N–H and O–H groups in total. The molecule has 1 amide bonds. The van der Waals surface area contributed by atoms with Crippen LogP contribution in [0.1, 0.15) is 335 Å². The molecule has 0 rings (SSSR count). The molecule has 0 aromatic carbocycles. The molecule has 390 valence electrons. The van der Waals surface area contributed by atoms with Gasteiger partial charge in [-0.2, -0.15) is 0 Å². The Labute approximate surface area is 414 Å². The smallest absolute Gasteiger partial charge is 0.220 e. The van der Waals surface area contributed by atoms with Crippen LogP contribution in [0.3, 0.4) is 0 Å². The maximum atomic E-state index is 12.5. The standard InChI is InChI=1S/C62H119NO3/c1-3-5-7-9-11-13-15-17-19-20-21-22-23-24-25-26-27-28-29-30-31-32-33-34-35-36-37-38-39-40-41-42-44-46-48-50-52-54-56-58-62(66)63-60(59-64)61(65)57-55-53-51-49-47-45-43-18-16-14-12-10-8-6-4-2/h15,17,20-21,55,57,60-61,64-65H,3-14,16,18-19,22-54,56,58-59H2,1-2H3,(H,63,66)/b17-15-,21-20-,57-55+. The summed E-state index contributed by atoms with van der Waals surface area (Å²) in [5.41, 5.74) is 0. The quantitative estimate of drug-likeness (QED) is 0.0420. The lowest BCUT2D eigenvalue weighted by atomic mass is 10.0. The van der Waals surface area contributed by atoms with Crippen LogP contribution in [0.2, 0.25) is 0 Å². The Morgan fingerprint density at radius 1 is 0.364 bits per heavy atom. The number of aliphatic hydroxyl groups is 2. The van der Waals surface area contributed by atoms with Crippen LogP contribution in [-0.2, 0) is 4.79 Å². The van der Waals surface area contributed by atoms with Crippen LogP contribution >= 0.6 is 0 Å². The fourth-order valence-corrected chi connectivity index (χ4v) is 9.51. The number of allylic oxidation sites excluding steroid dienone is 5. The molecular formula is C62H119NO3. The number of carbonyl (C=O) groups is 1. The van der Waals surface area contributed by atoms with E-state index in [-0.39, 0.29) is 12.5 Å². The number of amides is 1. The van der Waals surface area contributed by atoms with Gasteiger partial charge in [-0.15, -0.1) is 0 Å². The summed E-state index contributed by atoms with van der Waals surface area (Å²) in [4.78, 5) is 12.5. The summed E-state index contributed by atoms with van der Waals surface area (Å²) in [5, 5.41) is 23.1. The minimum atomic E-state index is -0.836. The first-order chi connectivity index (χ1) is 32.7. The average Bonchev–Trinajstić information content (AvgIpc) is 3.32. The summed E-state index contributed by atoms with van der Waals surface area (Å²) in [6.45, 7) is 4.32. The third-order valence-corrected chi connectivity index (χ3v) is 14.1. The lowest BCUT2D eigenvalue weighted by molar-refractivity contribution is -0.123. The first-order valence-corrected chi connectivity index (χ1v) is 30.2. The van der Waals surface area contributed by atoms with Crippen molar-refractivity contribution in [2.75, 3.05) is 6.61 Å². The Bertz CT molecular complexity index is 1010.